The summed E-state index contributed by atoms with van der Waals surface area (Å²) in [6.45, 7) is 2.95. The monoisotopic (exact) mass is 264 g/mol. The Hall–Kier alpha value is -1.26. The van der Waals surface area contributed by atoms with Crippen LogP contribution in [-0.4, -0.2) is 40.1 Å². The lowest BCUT2D eigenvalue weighted by Gasteiger charge is -2.31. The van der Waals surface area contributed by atoms with Gasteiger partial charge in [-0.25, -0.2) is 0 Å². The first-order valence-corrected chi connectivity index (χ1v) is 6.98. The maximum atomic E-state index is 5.21. The van der Waals surface area contributed by atoms with Crippen LogP contribution < -0.4 is 10.2 Å². The van der Waals surface area contributed by atoms with Gasteiger partial charge in [-0.15, -0.1) is 0 Å². The van der Waals surface area contributed by atoms with Crippen LogP contribution >= 0.6 is 0 Å². The van der Waals surface area contributed by atoms with E-state index in [1.165, 1.54) is 24.9 Å². The molecule has 0 saturated carbocycles. The third kappa shape index (κ3) is 3.85. The van der Waals surface area contributed by atoms with Crippen molar-refractivity contribution < 1.29 is 9.47 Å². The Kier molecular flexibility index (Phi) is 5.48. The van der Waals surface area contributed by atoms with Gasteiger partial charge >= 0.3 is 0 Å². The van der Waals surface area contributed by atoms with Crippen molar-refractivity contribution in [1.29, 1.82) is 0 Å². The van der Waals surface area contributed by atoms with Gasteiger partial charge in [-0.3, -0.25) is 0 Å². The summed E-state index contributed by atoms with van der Waals surface area (Å²) in [5.41, 5.74) is 2.44. The van der Waals surface area contributed by atoms with E-state index in [9.17, 15) is 0 Å². The average Bonchev–Trinajstić information content (AvgIpc) is 2.49. The average molecular weight is 264 g/mol. The summed E-state index contributed by atoms with van der Waals surface area (Å²) >= 11 is 0. The number of methoxy groups -OCH3 is 2. The molecule has 4 nitrogen and oxygen atoms in total. The number of rotatable bonds is 6. The lowest BCUT2D eigenvalue weighted by atomic mass is 10.1. The maximum Gasteiger partial charge on any atom is 0.173 e. The molecule has 1 fully saturated rings. The summed E-state index contributed by atoms with van der Waals surface area (Å²) < 4.78 is 10.4. The standard InChI is InChI=1S/C15H24N2O2/c1-18-15(19-2)12-16-13-8-4-5-9-14(13)17-10-6-3-7-11-17/h4-5,8-9,15-16H,3,6-7,10-12H2,1-2H3. The molecule has 4 heteroatoms. The zero-order valence-electron chi connectivity index (χ0n) is 11.9. The molecule has 1 aliphatic rings. The van der Waals surface area contributed by atoms with Gasteiger partial charge < -0.3 is 19.7 Å². The molecule has 2 rings (SSSR count). The summed E-state index contributed by atoms with van der Waals surface area (Å²) in [4.78, 5) is 2.46. The van der Waals surface area contributed by atoms with Gasteiger partial charge in [0.25, 0.3) is 0 Å². The van der Waals surface area contributed by atoms with E-state index in [1.807, 2.05) is 0 Å². The number of para-hydroxylation sites is 2. The Morgan fingerprint density at radius 3 is 2.47 bits per heavy atom. The van der Waals surface area contributed by atoms with Crippen LogP contribution in [0.15, 0.2) is 24.3 Å². The number of piperidine rings is 1. The molecule has 1 aliphatic heterocycles. The molecule has 0 aromatic heterocycles. The molecule has 0 atom stereocenters. The van der Waals surface area contributed by atoms with Crippen molar-refractivity contribution in [2.24, 2.45) is 0 Å². The van der Waals surface area contributed by atoms with Crippen LogP contribution in [0.25, 0.3) is 0 Å². The molecule has 0 radical (unpaired) electrons. The molecule has 19 heavy (non-hydrogen) atoms. The topological polar surface area (TPSA) is 33.7 Å². The van der Waals surface area contributed by atoms with Crippen molar-refractivity contribution in [3.63, 3.8) is 0 Å². The lowest BCUT2D eigenvalue weighted by Crippen LogP contribution is -2.31. The number of nitrogens with one attached hydrogen (secondary N) is 1. The Labute approximate surface area is 115 Å². The van der Waals surface area contributed by atoms with Crippen molar-refractivity contribution in [2.45, 2.75) is 25.6 Å². The number of anilines is 2. The third-order valence-electron chi connectivity index (χ3n) is 3.59. The second kappa shape index (κ2) is 7.36. The highest BCUT2D eigenvalue weighted by Gasteiger charge is 2.14. The molecule has 0 aliphatic carbocycles. The Morgan fingerprint density at radius 1 is 1.11 bits per heavy atom. The number of hydrogen-bond donors (Lipinski definition) is 1. The van der Waals surface area contributed by atoms with Crippen LogP contribution in [0.3, 0.4) is 0 Å². The van der Waals surface area contributed by atoms with Crippen molar-refractivity contribution in [1.82, 2.24) is 0 Å². The van der Waals surface area contributed by atoms with Gasteiger partial charge in [0, 0.05) is 27.3 Å². The van der Waals surface area contributed by atoms with E-state index in [0.717, 1.165) is 18.8 Å². The maximum absolute atomic E-state index is 5.21. The highest BCUT2D eigenvalue weighted by atomic mass is 16.7. The second-order valence-electron chi connectivity index (χ2n) is 4.85. The van der Waals surface area contributed by atoms with Gasteiger partial charge in [0.1, 0.15) is 0 Å². The molecule has 1 N–H and O–H groups in total. The van der Waals surface area contributed by atoms with Gasteiger partial charge in [0.05, 0.1) is 17.9 Å². The fraction of sp³-hybridized carbons (Fsp3) is 0.600. The van der Waals surface area contributed by atoms with Crippen LogP contribution in [-0.2, 0) is 9.47 Å². The Morgan fingerprint density at radius 2 is 1.79 bits per heavy atom. The summed E-state index contributed by atoms with van der Waals surface area (Å²) in [6.07, 6.45) is 3.70. The smallest absolute Gasteiger partial charge is 0.173 e. The summed E-state index contributed by atoms with van der Waals surface area (Å²) in [5, 5.41) is 3.42. The van der Waals surface area contributed by atoms with Gasteiger partial charge in [-0.05, 0) is 31.4 Å². The fourth-order valence-electron chi connectivity index (χ4n) is 2.49. The predicted molar refractivity (Wildman–Crippen MR) is 78.8 cm³/mol. The molecular formula is C15H24N2O2. The zero-order chi connectivity index (χ0) is 13.5. The fourth-order valence-corrected chi connectivity index (χ4v) is 2.49. The van der Waals surface area contributed by atoms with Gasteiger partial charge in [0.15, 0.2) is 6.29 Å². The molecule has 0 spiro atoms. The largest absolute Gasteiger partial charge is 0.378 e. The number of nitrogens with zero attached hydrogens (tertiary/aromatic N) is 1. The Bertz CT molecular complexity index is 374. The van der Waals surface area contributed by atoms with E-state index in [4.69, 9.17) is 9.47 Å². The van der Waals surface area contributed by atoms with Crippen molar-refractivity contribution in [2.75, 3.05) is 44.1 Å². The molecule has 106 valence electrons. The third-order valence-corrected chi connectivity index (χ3v) is 3.59. The molecule has 0 unspecified atom stereocenters. The second-order valence-corrected chi connectivity index (χ2v) is 4.85. The van der Waals surface area contributed by atoms with E-state index >= 15 is 0 Å². The van der Waals surface area contributed by atoms with Crippen molar-refractivity contribution in [3.8, 4) is 0 Å². The summed E-state index contributed by atoms with van der Waals surface area (Å²) in [5.74, 6) is 0. The van der Waals surface area contributed by atoms with Gasteiger partial charge in [-0.1, -0.05) is 12.1 Å². The highest BCUT2D eigenvalue weighted by Crippen LogP contribution is 2.28. The Balaban J connectivity index is 2.03. The molecule has 1 heterocycles. The van der Waals surface area contributed by atoms with Crippen LogP contribution in [0.1, 0.15) is 19.3 Å². The van der Waals surface area contributed by atoms with E-state index in [1.54, 1.807) is 14.2 Å². The number of benzene rings is 1. The van der Waals surface area contributed by atoms with E-state index in [2.05, 4.69) is 34.5 Å². The van der Waals surface area contributed by atoms with Crippen LogP contribution in [0.2, 0.25) is 0 Å². The summed E-state index contributed by atoms with van der Waals surface area (Å²) in [6, 6.07) is 8.46. The van der Waals surface area contributed by atoms with Crippen LogP contribution in [0.5, 0.6) is 0 Å². The minimum atomic E-state index is -0.214. The SMILES string of the molecule is COC(CNc1ccccc1N1CCCCC1)OC. The minimum absolute atomic E-state index is 0.214. The summed E-state index contributed by atoms with van der Waals surface area (Å²) in [7, 11) is 3.32. The molecule has 0 bridgehead atoms. The van der Waals surface area contributed by atoms with E-state index < -0.39 is 0 Å². The lowest BCUT2D eigenvalue weighted by molar-refractivity contribution is -0.0914. The first-order valence-electron chi connectivity index (χ1n) is 6.98. The quantitative estimate of drug-likeness (QED) is 0.801. The molecular weight excluding hydrogens is 240 g/mol. The van der Waals surface area contributed by atoms with Crippen molar-refractivity contribution in [3.05, 3.63) is 24.3 Å². The first kappa shape index (κ1) is 14.2. The van der Waals surface area contributed by atoms with E-state index in [-0.39, 0.29) is 6.29 Å². The highest BCUT2D eigenvalue weighted by molar-refractivity contribution is 5.70. The number of ether oxygens (including phenoxy) is 2. The molecule has 1 saturated heterocycles. The van der Waals surface area contributed by atoms with Gasteiger partial charge in [-0.2, -0.15) is 0 Å². The minimum Gasteiger partial charge on any atom is -0.378 e. The van der Waals surface area contributed by atoms with Gasteiger partial charge in [0.2, 0.25) is 0 Å². The first-order chi connectivity index (χ1) is 9.35. The predicted octanol–water partition coefficient (Wildman–Crippen LogP) is 2.71. The number of hydrogen-bond acceptors (Lipinski definition) is 4. The molecule has 1 aromatic carbocycles. The van der Waals surface area contributed by atoms with Crippen LogP contribution in [0.4, 0.5) is 11.4 Å². The normalized spacial score (nSPS) is 15.8. The molecule has 1 aromatic rings. The van der Waals surface area contributed by atoms with Crippen LogP contribution in [0, 0.1) is 0 Å². The van der Waals surface area contributed by atoms with E-state index in [0.29, 0.717) is 6.54 Å². The molecule has 0 amide bonds. The van der Waals surface area contributed by atoms with Crippen molar-refractivity contribution >= 4 is 11.4 Å². The zero-order valence-corrected chi connectivity index (χ0v) is 11.9.